The Morgan fingerprint density at radius 2 is 1.67 bits per heavy atom. The number of hydrogen-bond acceptors (Lipinski definition) is 3. The molecule has 2 saturated heterocycles. The second kappa shape index (κ2) is 8.41. The fourth-order valence-electron chi connectivity index (χ4n) is 3.88. The van der Waals surface area contributed by atoms with E-state index < -0.39 is 5.97 Å². The minimum Gasteiger partial charge on any atom is -0.478 e. The van der Waals surface area contributed by atoms with Crippen molar-refractivity contribution in [2.75, 3.05) is 33.2 Å². The molecule has 7 heteroatoms. The summed E-state index contributed by atoms with van der Waals surface area (Å²) >= 11 is 0. The first-order chi connectivity index (χ1) is 13.0. The molecule has 0 aliphatic carbocycles. The molecule has 2 aliphatic heterocycles. The van der Waals surface area contributed by atoms with Crippen LogP contribution in [0.2, 0.25) is 0 Å². The highest BCUT2D eigenvalue weighted by Crippen LogP contribution is 2.22. The molecule has 1 unspecified atom stereocenters. The summed E-state index contributed by atoms with van der Waals surface area (Å²) in [5.74, 6) is -1.10. The van der Waals surface area contributed by atoms with Crippen molar-refractivity contribution in [1.82, 2.24) is 14.7 Å². The number of aromatic carboxylic acids is 1. The van der Waals surface area contributed by atoms with Gasteiger partial charge in [-0.2, -0.15) is 0 Å². The summed E-state index contributed by atoms with van der Waals surface area (Å²) in [5, 5.41) is 8.96. The van der Waals surface area contributed by atoms with Crippen molar-refractivity contribution < 1.29 is 19.5 Å². The lowest BCUT2D eigenvalue weighted by molar-refractivity contribution is -0.136. The SMILES string of the molecule is CN(Cc1ccc(C(=O)O)cc1)C(=O)C1CCCN(C(=O)N2CCCC2)C1. The predicted molar refractivity (Wildman–Crippen MR) is 100 cm³/mol. The number of rotatable bonds is 4. The van der Waals surface area contributed by atoms with Gasteiger partial charge in [0.05, 0.1) is 11.5 Å². The van der Waals surface area contributed by atoms with Gasteiger partial charge >= 0.3 is 12.0 Å². The maximum Gasteiger partial charge on any atom is 0.335 e. The van der Waals surface area contributed by atoms with Gasteiger partial charge in [-0.25, -0.2) is 9.59 Å². The minimum atomic E-state index is -0.962. The van der Waals surface area contributed by atoms with Crippen LogP contribution in [0.4, 0.5) is 4.79 Å². The molecule has 0 saturated carbocycles. The fraction of sp³-hybridized carbons (Fsp3) is 0.550. The second-order valence-corrected chi connectivity index (χ2v) is 7.46. The first-order valence-electron chi connectivity index (χ1n) is 9.57. The van der Waals surface area contributed by atoms with Crippen LogP contribution in [-0.4, -0.2) is 70.9 Å². The van der Waals surface area contributed by atoms with E-state index in [1.165, 1.54) is 0 Å². The monoisotopic (exact) mass is 373 g/mol. The van der Waals surface area contributed by atoms with Gasteiger partial charge in [-0.15, -0.1) is 0 Å². The molecule has 1 N–H and O–H groups in total. The predicted octanol–water partition coefficient (Wildman–Crippen LogP) is 2.27. The molecular weight excluding hydrogens is 346 g/mol. The molecule has 7 nitrogen and oxygen atoms in total. The summed E-state index contributed by atoms with van der Waals surface area (Å²) in [7, 11) is 1.76. The molecule has 3 rings (SSSR count). The molecule has 3 amide bonds. The third kappa shape index (κ3) is 4.59. The molecular formula is C20H27N3O4. The Morgan fingerprint density at radius 3 is 2.30 bits per heavy atom. The van der Waals surface area contributed by atoms with Crippen LogP contribution < -0.4 is 0 Å². The van der Waals surface area contributed by atoms with Crippen LogP contribution >= 0.6 is 0 Å². The van der Waals surface area contributed by atoms with E-state index in [0.29, 0.717) is 13.1 Å². The molecule has 146 valence electrons. The summed E-state index contributed by atoms with van der Waals surface area (Å²) in [4.78, 5) is 41.8. The zero-order valence-electron chi connectivity index (χ0n) is 15.8. The van der Waals surface area contributed by atoms with Gasteiger partial charge in [-0.3, -0.25) is 4.79 Å². The van der Waals surface area contributed by atoms with Crippen molar-refractivity contribution in [2.45, 2.75) is 32.2 Å². The number of amides is 3. The van der Waals surface area contributed by atoms with Crippen LogP contribution in [0.15, 0.2) is 24.3 Å². The zero-order chi connectivity index (χ0) is 19.4. The van der Waals surface area contributed by atoms with E-state index in [0.717, 1.165) is 50.9 Å². The van der Waals surface area contributed by atoms with Gasteiger partial charge in [0.2, 0.25) is 5.91 Å². The van der Waals surface area contributed by atoms with Crippen LogP contribution in [0.25, 0.3) is 0 Å². The van der Waals surface area contributed by atoms with Gasteiger partial charge in [0.25, 0.3) is 0 Å². The molecule has 1 aromatic carbocycles. The topological polar surface area (TPSA) is 81.2 Å². The molecule has 0 aromatic heterocycles. The van der Waals surface area contributed by atoms with E-state index in [1.807, 2.05) is 9.80 Å². The zero-order valence-corrected chi connectivity index (χ0v) is 15.8. The average Bonchev–Trinajstić information content (AvgIpc) is 3.22. The largest absolute Gasteiger partial charge is 0.478 e. The van der Waals surface area contributed by atoms with Crippen LogP contribution in [0, 0.1) is 5.92 Å². The van der Waals surface area contributed by atoms with E-state index in [9.17, 15) is 14.4 Å². The molecule has 2 heterocycles. The first kappa shape index (κ1) is 19.2. The van der Waals surface area contributed by atoms with Crippen molar-refractivity contribution in [3.05, 3.63) is 35.4 Å². The number of carboxylic acid groups (broad SMARTS) is 1. The number of piperidine rings is 1. The summed E-state index contributed by atoms with van der Waals surface area (Å²) in [6.07, 6.45) is 3.76. The number of nitrogens with zero attached hydrogens (tertiary/aromatic N) is 3. The Kier molecular flexibility index (Phi) is 5.98. The summed E-state index contributed by atoms with van der Waals surface area (Å²) < 4.78 is 0. The van der Waals surface area contributed by atoms with E-state index in [2.05, 4.69) is 0 Å². The Bertz CT molecular complexity index is 698. The Labute approximate surface area is 159 Å². The fourth-order valence-corrected chi connectivity index (χ4v) is 3.88. The standard InChI is InChI=1S/C20H27N3O4/c1-21(13-15-6-8-16(9-7-15)19(25)26)18(24)17-5-4-12-23(14-17)20(27)22-10-2-3-11-22/h6-9,17H,2-5,10-14H2,1H3,(H,25,26). The maximum absolute atomic E-state index is 12.8. The van der Waals surface area contributed by atoms with Gasteiger partial charge in [0, 0.05) is 39.8 Å². The van der Waals surface area contributed by atoms with Crippen LogP contribution in [-0.2, 0) is 11.3 Å². The Balaban J connectivity index is 1.57. The number of benzene rings is 1. The normalized spacial score (nSPS) is 19.8. The van der Waals surface area contributed by atoms with E-state index in [-0.39, 0.29) is 23.4 Å². The second-order valence-electron chi connectivity index (χ2n) is 7.46. The van der Waals surface area contributed by atoms with E-state index in [1.54, 1.807) is 36.2 Å². The van der Waals surface area contributed by atoms with Crippen LogP contribution in [0.1, 0.15) is 41.6 Å². The quantitative estimate of drug-likeness (QED) is 0.878. The maximum atomic E-state index is 12.8. The number of carboxylic acids is 1. The van der Waals surface area contributed by atoms with Crippen molar-refractivity contribution in [2.24, 2.45) is 5.92 Å². The number of carbonyl (C=O) groups is 3. The van der Waals surface area contributed by atoms with E-state index in [4.69, 9.17) is 5.11 Å². The van der Waals surface area contributed by atoms with Gasteiger partial charge in [-0.1, -0.05) is 12.1 Å². The lowest BCUT2D eigenvalue weighted by atomic mass is 9.96. The van der Waals surface area contributed by atoms with Crippen molar-refractivity contribution in [3.8, 4) is 0 Å². The molecule has 2 aliphatic rings. The summed E-state index contributed by atoms with van der Waals surface area (Å²) in [6, 6.07) is 6.63. The molecule has 0 radical (unpaired) electrons. The highest BCUT2D eigenvalue weighted by molar-refractivity contribution is 5.87. The van der Waals surface area contributed by atoms with Crippen molar-refractivity contribution >= 4 is 17.9 Å². The summed E-state index contributed by atoms with van der Waals surface area (Å²) in [5.41, 5.74) is 1.12. The number of likely N-dealkylation sites (tertiary alicyclic amines) is 2. The Hall–Kier alpha value is -2.57. The number of urea groups is 1. The molecule has 2 fully saturated rings. The van der Waals surface area contributed by atoms with Crippen LogP contribution in [0.5, 0.6) is 0 Å². The number of hydrogen-bond donors (Lipinski definition) is 1. The van der Waals surface area contributed by atoms with Crippen molar-refractivity contribution in [3.63, 3.8) is 0 Å². The molecule has 27 heavy (non-hydrogen) atoms. The first-order valence-corrected chi connectivity index (χ1v) is 9.57. The van der Waals surface area contributed by atoms with Gasteiger partial charge in [0.15, 0.2) is 0 Å². The molecule has 1 atom stereocenters. The number of carbonyl (C=O) groups excluding carboxylic acids is 2. The third-order valence-electron chi connectivity index (χ3n) is 5.41. The lowest BCUT2D eigenvalue weighted by Gasteiger charge is -2.36. The summed E-state index contributed by atoms with van der Waals surface area (Å²) in [6.45, 7) is 3.27. The lowest BCUT2D eigenvalue weighted by Crippen LogP contribution is -2.49. The van der Waals surface area contributed by atoms with Gasteiger partial charge < -0.3 is 19.8 Å². The van der Waals surface area contributed by atoms with Crippen molar-refractivity contribution in [1.29, 1.82) is 0 Å². The average molecular weight is 373 g/mol. The molecule has 0 bridgehead atoms. The van der Waals surface area contributed by atoms with Gasteiger partial charge in [0.1, 0.15) is 0 Å². The highest BCUT2D eigenvalue weighted by Gasteiger charge is 2.32. The smallest absolute Gasteiger partial charge is 0.335 e. The minimum absolute atomic E-state index is 0.0382. The Morgan fingerprint density at radius 1 is 1.04 bits per heavy atom. The third-order valence-corrected chi connectivity index (χ3v) is 5.41. The van der Waals surface area contributed by atoms with Crippen LogP contribution in [0.3, 0.4) is 0 Å². The molecule has 0 spiro atoms. The van der Waals surface area contributed by atoms with E-state index >= 15 is 0 Å². The molecule has 1 aromatic rings. The van der Waals surface area contributed by atoms with Gasteiger partial charge in [-0.05, 0) is 43.4 Å². The highest BCUT2D eigenvalue weighted by atomic mass is 16.4.